The molecule has 0 atom stereocenters. The summed E-state index contributed by atoms with van der Waals surface area (Å²) >= 11 is 0. The van der Waals surface area contributed by atoms with Crippen molar-refractivity contribution in [2.75, 3.05) is 52.9 Å². The number of rotatable bonds is 8. The first kappa shape index (κ1) is 21.3. The highest BCUT2D eigenvalue weighted by molar-refractivity contribution is 5.79. The van der Waals surface area contributed by atoms with Gasteiger partial charge in [0, 0.05) is 52.7 Å². The zero-order valence-electron chi connectivity index (χ0n) is 15.8. The van der Waals surface area contributed by atoms with Gasteiger partial charge in [-0.05, 0) is 25.0 Å². The molecule has 0 spiro atoms. The van der Waals surface area contributed by atoms with Crippen molar-refractivity contribution in [2.45, 2.75) is 25.4 Å². The lowest BCUT2D eigenvalue weighted by atomic mass is 10.2. The van der Waals surface area contributed by atoms with Gasteiger partial charge in [-0.25, -0.2) is 0 Å². The number of hydrogen-bond donors (Lipinski definition) is 1. The van der Waals surface area contributed by atoms with E-state index in [-0.39, 0.29) is 6.42 Å². The number of unbranched alkanes of at least 4 members (excludes halogenated alkanes) is 1. The van der Waals surface area contributed by atoms with Crippen LogP contribution in [0.2, 0.25) is 0 Å². The van der Waals surface area contributed by atoms with Gasteiger partial charge in [-0.15, -0.1) is 0 Å². The average molecular weight is 386 g/mol. The van der Waals surface area contributed by atoms with E-state index in [2.05, 4.69) is 20.1 Å². The number of piperazine rings is 1. The fourth-order valence-electron chi connectivity index (χ4n) is 2.98. The Morgan fingerprint density at radius 3 is 2.44 bits per heavy atom. The third kappa shape index (κ3) is 8.51. The number of alkyl halides is 3. The van der Waals surface area contributed by atoms with Crippen molar-refractivity contribution in [3.05, 3.63) is 30.3 Å². The minimum atomic E-state index is -4.07. The van der Waals surface area contributed by atoms with Crippen LogP contribution in [0.1, 0.15) is 19.3 Å². The third-order valence-electron chi connectivity index (χ3n) is 4.47. The second kappa shape index (κ2) is 11.0. The summed E-state index contributed by atoms with van der Waals surface area (Å²) in [7, 11) is 1.71. The lowest BCUT2D eigenvalue weighted by Gasteiger charge is -2.36. The first-order valence-corrected chi connectivity index (χ1v) is 9.40. The van der Waals surface area contributed by atoms with Crippen molar-refractivity contribution >= 4 is 5.96 Å². The van der Waals surface area contributed by atoms with E-state index in [0.717, 1.165) is 44.4 Å². The summed E-state index contributed by atoms with van der Waals surface area (Å²) in [4.78, 5) is 8.75. The number of nitrogens with zero attached hydrogens (tertiary/aromatic N) is 3. The predicted octanol–water partition coefficient (Wildman–Crippen LogP) is 2.99. The van der Waals surface area contributed by atoms with E-state index < -0.39 is 12.6 Å². The molecule has 1 saturated heterocycles. The van der Waals surface area contributed by atoms with Crippen molar-refractivity contribution < 1.29 is 17.9 Å². The molecule has 1 heterocycles. The maximum absolute atomic E-state index is 12.2. The summed E-state index contributed by atoms with van der Waals surface area (Å²) in [6.07, 6.45) is -4.17. The Bertz CT molecular complexity index is 558. The van der Waals surface area contributed by atoms with E-state index in [1.165, 1.54) is 0 Å². The van der Waals surface area contributed by atoms with Crippen molar-refractivity contribution in [3.63, 3.8) is 0 Å². The van der Waals surface area contributed by atoms with Gasteiger partial charge in [-0.2, -0.15) is 13.2 Å². The Hall–Kier alpha value is -1.96. The Balaban J connectivity index is 1.60. The molecule has 152 valence electrons. The molecule has 0 aliphatic carbocycles. The van der Waals surface area contributed by atoms with Gasteiger partial charge in [-0.1, -0.05) is 18.2 Å². The van der Waals surface area contributed by atoms with Gasteiger partial charge in [0.1, 0.15) is 12.4 Å². The first-order valence-electron chi connectivity index (χ1n) is 9.40. The van der Waals surface area contributed by atoms with Crippen LogP contribution in [-0.2, 0) is 0 Å². The first-order chi connectivity index (χ1) is 13.0. The Labute approximate surface area is 159 Å². The molecule has 0 bridgehead atoms. The van der Waals surface area contributed by atoms with Crippen LogP contribution < -0.4 is 10.1 Å². The predicted molar refractivity (Wildman–Crippen MR) is 101 cm³/mol. The summed E-state index contributed by atoms with van der Waals surface area (Å²) in [5.41, 5.74) is 0. The highest BCUT2D eigenvalue weighted by atomic mass is 19.4. The summed E-state index contributed by atoms with van der Waals surface area (Å²) in [5, 5.41) is 3.17. The zero-order valence-corrected chi connectivity index (χ0v) is 15.8. The molecule has 0 unspecified atom stereocenters. The Morgan fingerprint density at radius 1 is 1.11 bits per heavy atom. The summed E-state index contributed by atoms with van der Waals surface area (Å²) < 4.78 is 42.2. The largest absolute Gasteiger partial charge is 0.492 e. The number of halogens is 3. The molecule has 5 nitrogen and oxygen atoms in total. The molecule has 1 aromatic rings. The van der Waals surface area contributed by atoms with Gasteiger partial charge in [0.05, 0.1) is 0 Å². The van der Waals surface area contributed by atoms with E-state index in [1.807, 2.05) is 30.3 Å². The van der Waals surface area contributed by atoms with Crippen LogP contribution in [0.25, 0.3) is 0 Å². The molecule has 1 N–H and O–H groups in total. The number of hydrogen-bond acceptors (Lipinski definition) is 3. The van der Waals surface area contributed by atoms with Crippen LogP contribution in [0.4, 0.5) is 13.2 Å². The third-order valence-corrected chi connectivity index (χ3v) is 4.47. The van der Waals surface area contributed by atoms with E-state index in [9.17, 15) is 13.2 Å². The fraction of sp³-hybridized carbons (Fsp3) is 0.632. The van der Waals surface area contributed by atoms with Gasteiger partial charge in [-0.3, -0.25) is 9.89 Å². The molecule has 1 aliphatic heterocycles. The molecule has 1 aromatic carbocycles. The Kier molecular flexibility index (Phi) is 8.71. The lowest BCUT2D eigenvalue weighted by Crippen LogP contribution is -2.53. The highest BCUT2D eigenvalue weighted by Gasteiger charge is 2.26. The van der Waals surface area contributed by atoms with Gasteiger partial charge in [0.2, 0.25) is 0 Å². The maximum Gasteiger partial charge on any atom is 0.389 e. The monoisotopic (exact) mass is 386 g/mol. The molecule has 0 amide bonds. The second-order valence-electron chi connectivity index (χ2n) is 6.54. The maximum atomic E-state index is 12.2. The topological polar surface area (TPSA) is 40.1 Å². The second-order valence-corrected chi connectivity index (χ2v) is 6.54. The van der Waals surface area contributed by atoms with Crippen LogP contribution in [0.5, 0.6) is 5.75 Å². The average Bonchev–Trinajstić information content (AvgIpc) is 2.65. The number of aliphatic imine (C=N–C) groups is 1. The number of para-hydroxylation sites is 1. The van der Waals surface area contributed by atoms with Gasteiger partial charge >= 0.3 is 6.18 Å². The molecule has 0 saturated carbocycles. The molecule has 8 heteroatoms. The van der Waals surface area contributed by atoms with E-state index in [4.69, 9.17) is 4.74 Å². The van der Waals surface area contributed by atoms with Crippen LogP contribution in [0, 0.1) is 0 Å². The molecular formula is C19H29F3N4O. The normalized spacial score (nSPS) is 16.4. The highest BCUT2D eigenvalue weighted by Crippen LogP contribution is 2.21. The van der Waals surface area contributed by atoms with E-state index >= 15 is 0 Å². The van der Waals surface area contributed by atoms with Crippen molar-refractivity contribution in [2.24, 2.45) is 4.99 Å². The molecule has 2 rings (SSSR count). The van der Waals surface area contributed by atoms with Crippen LogP contribution in [-0.4, -0.2) is 74.9 Å². The Morgan fingerprint density at radius 2 is 1.81 bits per heavy atom. The standard InChI is InChI=1S/C19H29F3N4O/c1-23-18(24-10-6-5-9-19(20,21)22)26-13-11-25(12-14-26)15-16-27-17-7-3-2-4-8-17/h2-4,7-8H,5-6,9-16H2,1H3,(H,23,24). The van der Waals surface area contributed by atoms with E-state index in [1.54, 1.807) is 7.05 Å². The number of nitrogens with one attached hydrogen (secondary N) is 1. The molecule has 1 fully saturated rings. The number of benzene rings is 1. The van der Waals surface area contributed by atoms with Crippen molar-refractivity contribution in [1.82, 2.24) is 15.1 Å². The number of guanidine groups is 1. The van der Waals surface area contributed by atoms with Gasteiger partial charge in [0.15, 0.2) is 5.96 Å². The summed E-state index contributed by atoms with van der Waals surface area (Å²) in [6.45, 7) is 5.53. The molecule has 1 aliphatic rings. The van der Waals surface area contributed by atoms with Crippen molar-refractivity contribution in [1.29, 1.82) is 0 Å². The van der Waals surface area contributed by atoms with Crippen molar-refractivity contribution in [3.8, 4) is 5.75 Å². The summed E-state index contributed by atoms with van der Waals surface area (Å²) in [5.74, 6) is 1.65. The van der Waals surface area contributed by atoms with E-state index in [0.29, 0.717) is 19.6 Å². The van der Waals surface area contributed by atoms with Gasteiger partial charge in [0.25, 0.3) is 0 Å². The van der Waals surface area contributed by atoms with Crippen LogP contribution >= 0.6 is 0 Å². The number of ether oxygens (including phenoxy) is 1. The summed E-state index contributed by atoms with van der Waals surface area (Å²) in [6, 6.07) is 9.76. The molecule has 0 aromatic heterocycles. The van der Waals surface area contributed by atoms with Crippen LogP contribution in [0.3, 0.4) is 0 Å². The van der Waals surface area contributed by atoms with Crippen LogP contribution in [0.15, 0.2) is 35.3 Å². The quantitative estimate of drug-likeness (QED) is 0.424. The fourth-order valence-corrected chi connectivity index (χ4v) is 2.98. The molecular weight excluding hydrogens is 357 g/mol. The minimum absolute atomic E-state index is 0.142. The molecule has 0 radical (unpaired) electrons. The molecule has 27 heavy (non-hydrogen) atoms. The SMILES string of the molecule is CN=C(NCCCCC(F)(F)F)N1CCN(CCOc2ccccc2)CC1. The smallest absolute Gasteiger partial charge is 0.389 e. The van der Waals surface area contributed by atoms with Gasteiger partial charge < -0.3 is 15.0 Å². The zero-order chi connectivity index (χ0) is 19.5. The minimum Gasteiger partial charge on any atom is -0.492 e. The lowest BCUT2D eigenvalue weighted by molar-refractivity contribution is -0.135.